The molecule has 1 N–H and O–H groups in total. The van der Waals surface area contributed by atoms with Gasteiger partial charge < -0.3 is 19.9 Å². The molecule has 2 unspecified atom stereocenters. The molecule has 0 aromatic rings. The number of nitrogens with zero attached hydrogens (tertiary/aromatic N) is 3. The zero-order valence-electron chi connectivity index (χ0n) is 15.7. The van der Waals surface area contributed by atoms with E-state index in [0.29, 0.717) is 63.2 Å². The highest BCUT2D eigenvalue weighted by molar-refractivity contribution is 5.78. The Balaban J connectivity index is 1.18. The topological polar surface area (TPSA) is 65.1 Å². The van der Waals surface area contributed by atoms with Gasteiger partial charge in [-0.2, -0.15) is 0 Å². The first-order chi connectivity index (χ1) is 12.7. The second kappa shape index (κ2) is 8.23. The van der Waals surface area contributed by atoms with E-state index in [9.17, 15) is 9.59 Å². The Morgan fingerprint density at radius 3 is 2.12 bits per heavy atom. The third-order valence-corrected chi connectivity index (χ3v) is 6.48. The summed E-state index contributed by atoms with van der Waals surface area (Å²) in [6.07, 6.45) is 5.60. The molecule has 4 rings (SSSR count). The molecule has 26 heavy (non-hydrogen) atoms. The van der Waals surface area contributed by atoms with Crippen molar-refractivity contribution in [1.29, 1.82) is 0 Å². The molecule has 0 spiro atoms. The lowest BCUT2D eigenvalue weighted by molar-refractivity contribution is -0.138. The molecule has 0 saturated carbocycles. The van der Waals surface area contributed by atoms with E-state index in [1.165, 1.54) is 12.8 Å². The van der Waals surface area contributed by atoms with Gasteiger partial charge >= 0.3 is 0 Å². The van der Waals surface area contributed by atoms with Gasteiger partial charge in [0.1, 0.15) is 0 Å². The first-order valence-corrected chi connectivity index (χ1v) is 10.3. The maximum atomic E-state index is 12.7. The monoisotopic (exact) mass is 364 g/mol. The molecule has 0 radical (unpaired) electrons. The van der Waals surface area contributed by atoms with Gasteiger partial charge in [0.05, 0.1) is 19.8 Å². The van der Waals surface area contributed by atoms with Crippen LogP contribution in [0.3, 0.4) is 0 Å². The number of carbonyl (C=O) groups excluding carboxylic acids is 2. The zero-order chi connectivity index (χ0) is 17.9. The largest absolute Gasteiger partial charge is 0.378 e. The summed E-state index contributed by atoms with van der Waals surface area (Å²) in [5, 5.41) is 3.65. The minimum Gasteiger partial charge on any atom is -0.378 e. The van der Waals surface area contributed by atoms with Gasteiger partial charge in [-0.3, -0.25) is 14.5 Å². The second-order valence-electron chi connectivity index (χ2n) is 8.33. The van der Waals surface area contributed by atoms with Crippen LogP contribution in [0.1, 0.15) is 32.1 Å². The average Bonchev–Trinajstić information content (AvgIpc) is 3.01. The van der Waals surface area contributed by atoms with Crippen molar-refractivity contribution in [2.45, 2.75) is 44.2 Å². The maximum absolute atomic E-state index is 12.7. The molecule has 2 atom stereocenters. The summed E-state index contributed by atoms with van der Waals surface area (Å²) in [4.78, 5) is 31.1. The molecule has 0 aromatic heterocycles. The lowest BCUT2D eigenvalue weighted by Crippen LogP contribution is -2.53. The molecular weight excluding hydrogens is 332 g/mol. The Kier molecular flexibility index (Phi) is 5.76. The number of piperazine rings is 1. The second-order valence-corrected chi connectivity index (χ2v) is 8.33. The Morgan fingerprint density at radius 1 is 0.846 bits per heavy atom. The Hall–Kier alpha value is -1.18. The van der Waals surface area contributed by atoms with Gasteiger partial charge in [0.15, 0.2) is 0 Å². The Labute approximate surface area is 156 Å². The highest BCUT2D eigenvalue weighted by Crippen LogP contribution is 2.33. The molecule has 4 heterocycles. The first-order valence-electron chi connectivity index (χ1n) is 10.3. The molecule has 4 saturated heterocycles. The molecular formula is C19H32N4O3. The van der Waals surface area contributed by atoms with Crippen molar-refractivity contribution in [2.24, 2.45) is 5.92 Å². The van der Waals surface area contributed by atoms with Crippen molar-refractivity contribution < 1.29 is 14.3 Å². The summed E-state index contributed by atoms with van der Waals surface area (Å²) in [5.74, 6) is 1.07. The van der Waals surface area contributed by atoms with Crippen LogP contribution in [0.15, 0.2) is 0 Å². The van der Waals surface area contributed by atoms with Gasteiger partial charge in [0.25, 0.3) is 0 Å². The molecule has 2 amide bonds. The van der Waals surface area contributed by atoms with Crippen LogP contribution < -0.4 is 5.32 Å². The van der Waals surface area contributed by atoms with Crippen LogP contribution in [-0.4, -0.2) is 97.6 Å². The number of morpholine rings is 1. The Morgan fingerprint density at radius 2 is 1.46 bits per heavy atom. The molecule has 7 heteroatoms. The van der Waals surface area contributed by atoms with Crippen LogP contribution in [0.25, 0.3) is 0 Å². The van der Waals surface area contributed by atoms with Gasteiger partial charge in [-0.1, -0.05) is 0 Å². The molecule has 2 bridgehead atoms. The van der Waals surface area contributed by atoms with Crippen LogP contribution in [0.2, 0.25) is 0 Å². The Bertz CT molecular complexity index is 503. The van der Waals surface area contributed by atoms with Crippen molar-refractivity contribution in [3.8, 4) is 0 Å². The van der Waals surface area contributed by atoms with E-state index in [0.717, 1.165) is 39.0 Å². The van der Waals surface area contributed by atoms with E-state index in [1.807, 2.05) is 9.80 Å². The van der Waals surface area contributed by atoms with Crippen LogP contribution in [-0.2, 0) is 14.3 Å². The van der Waals surface area contributed by atoms with Gasteiger partial charge in [-0.15, -0.1) is 0 Å². The number of hydrogen-bond donors (Lipinski definition) is 1. The fraction of sp³-hybridized carbons (Fsp3) is 0.895. The summed E-state index contributed by atoms with van der Waals surface area (Å²) in [6, 6.07) is 1.30. The molecule has 4 fully saturated rings. The van der Waals surface area contributed by atoms with Gasteiger partial charge in [-0.05, 0) is 31.6 Å². The fourth-order valence-corrected chi connectivity index (χ4v) is 4.98. The first kappa shape index (κ1) is 18.2. The molecule has 0 aliphatic carbocycles. The minimum atomic E-state index is 0.193. The number of rotatable bonds is 4. The number of ether oxygens (including phenoxy) is 1. The van der Waals surface area contributed by atoms with Crippen molar-refractivity contribution in [3.63, 3.8) is 0 Å². The van der Waals surface area contributed by atoms with E-state index in [4.69, 9.17) is 4.74 Å². The molecule has 4 aliphatic rings. The van der Waals surface area contributed by atoms with Crippen LogP contribution in [0, 0.1) is 5.92 Å². The highest BCUT2D eigenvalue weighted by atomic mass is 16.5. The predicted octanol–water partition coefficient (Wildman–Crippen LogP) is -0.0899. The predicted molar refractivity (Wildman–Crippen MR) is 97.7 cm³/mol. The smallest absolute Gasteiger partial charge is 0.236 e. The van der Waals surface area contributed by atoms with Gasteiger partial charge in [-0.25, -0.2) is 0 Å². The number of fused-ring (bicyclic) bond motifs is 2. The van der Waals surface area contributed by atoms with E-state index >= 15 is 0 Å². The van der Waals surface area contributed by atoms with Gasteiger partial charge in [0.2, 0.25) is 11.8 Å². The van der Waals surface area contributed by atoms with Gasteiger partial charge in [0, 0.05) is 57.8 Å². The summed E-state index contributed by atoms with van der Waals surface area (Å²) >= 11 is 0. The number of carbonyl (C=O) groups is 2. The van der Waals surface area contributed by atoms with Crippen molar-refractivity contribution in [1.82, 2.24) is 20.0 Å². The number of amides is 2. The van der Waals surface area contributed by atoms with Crippen LogP contribution >= 0.6 is 0 Å². The normalized spacial score (nSPS) is 32.7. The van der Waals surface area contributed by atoms with Crippen molar-refractivity contribution in [3.05, 3.63) is 0 Å². The number of hydrogen-bond acceptors (Lipinski definition) is 5. The average molecular weight is 364 g/mol. The quantitative estimate of drug-likeness (QED) is 0.755. The molecule has 146 valence electrons. The summed E-state index contributed by atoms with van der Waals surface area (Å²) < 4.78 is 5.30. The van der Waals surface area contributed by atoms with Crippen molar-refractivity contribution >= 4 is 11.8 Å². The molecule has 0 aromatic carbocycles. The fourth-order valence-electron chi connectivity index (χ4n) is 4.98. The summed E-state index contributed by atoms with van der Waals surface area (Å²) in [6.45, 7) is 6.29. The van der Waals surface area contributed by atoms with E-state index in [-0.39, 0.29) is 5.91 Å². The molecule has 7 nitrogen and oxygen atoms in total. The third-order valence-electron chi connectivity index (χ3n) is 6.48. The minimum absolute atomic E-state index is 0.193. The van der Waals surface area contributed by atoms with E-state index in [2.05, 4.69) is 10.2 Å². The van der Waals surface area contributed by atoms with Crippen LogP contribution in [0.5, 0.6) is 0 Å². The van der Waals surface area contributed by atoms with Crippen molar-refractivity contribution in [2.75, 3.05) is 59.0 Å². The third kappa shape index (κ3) is 4.38. The lowest BCUT2D eigenvalue weighted by atomic mass is 9.89. The van der Waals surface area contributed by atoms with E-state index in [1.54, 1.807) is 0 Å². The number of nitrogens with one attached hydrogen (secondary N) is 1. The standard InChI is InChI=1S/C19H32N4O3/c24-18(13-15-11-16-1-2-17(12-15)20-16)22-5-3-21(4-6-22)14-19(25)23-7-9-26-10-8-23/h15-17,20H,1-14H2. The van der Waals surface area contributed by atoms with Crippen LogP contribution in [0.4, 0.5) is 0 Å². The number of piperidine rings is 1. The summed E-state index contributed by atoms with van der Waals surface area (Å²) in [5.41, 5.74) is 0. The highest BCUT2D eigenvalue weighted by Gasteiger charge is 2.35. The SMILES string of the molecule is O=C(CC1CC2CCC(C1)N2)N1CCN(CC(=O)N2CCOCC2)CC1. The lowest BCUT2D eigenvalue weighted by Gasteiger charge is -2.37. The maximum Gasteiger partial charge on any atom is 0.236 e. The summed E-state index contributed by atoms with van der Waals surface area (Å²) in [7, 11) is 0. The van der Waals surface area contributed by atoms with E-state index < -0.39 is 0 Å². The zero-order valence-corrected chi connectivity index (χ0v) is 15.7. The molecule has 4 aliphatic heterocycles.